The van der Waals surface area contributed by atoms with Crippen LogP contribution in [0.2, 0.25) is 0 Å². The largest absolute Gasteiger partial charge is 0.379 e. The van der Waals surface area contributed by atoms with E-state index in [-0.39, 0.29) is 0 Å². The number of rotatable bonds is 5. The van der Waals surface area contributed by atoms with E-state index in [9.17, 15) is 0 Å². The van der Waals surface area contributed by atoms with E-state index in [2.05, 4.69) is 53.5 Å². The Morgan fingerprint density at radius 3 is 2.60 bits per heavy atom. The third-order valence-corrected chi connectivity index (χ3v) is 4.20. The van der Waals surface area contributed by atoms with Crippen molar-refractivity contribution in [3.05, 3.63) is 47.8 Å². The Bertz CT molecular complexity index is 536. The van der Waals surface area contributed by atoms with E-state index in [0.717, 1.165) is 24.3 Å². The van der Waals surface area contributed by atoms with Crippen LogP contribution in [0.25, 0.3) is 0 Å². The normalized spacial score (nSPS) is 15.7. The lowest BCUT2D eigenvalue weighted by atomic mass is 10.1. The number of hydrogen-bond donors (Lipinski definition) is 1. The second-order valence-corrected chi connectivity index (χ2v) is 5.63. The first-order chi connectivity index (χ1) is 9.85. The predicted molar refractivity (Wildman–Crippen MR) is 82.9 cm³/mol. The van der Waals surface area contributed by atoms with Crippen molar-refractivity contribution < 1.29 is 0 Å². The lowest BCUT2D eigenvalue weighted by Crippen LogP contribution is -2.07. The number of nitrogens with zero attached hydrogens (tertiary/aromatic N) is 2. The molecule has 1 N–H and O–H groups in total. The number of nitrogens with one attached hydrogen (secondary N) is 1. The van der Waals surface area contributed by atoms with Gasteiger partial charge in [-0.3, -0.25) is 4.68 Å². The minimum absolute atomic E-state index is 0.632. The molecule has 3 heteroatoms. The van der Waals surface area contributed by atoms with Gasteiger partial charge in [0.05, 0.1) is 18.3 Å². The standard InChI is InChI=1S/C17H23N3/c1-2-14-7-9-15(10-8-14)18-13-16-11-12-20(19-16)17-5-3-4-6-17/h7-12,17-18H,2-6,13H2,1H3. The molecule has 20 heavy (non-hydrogen) atoms. The van der Waals surface area contributed by atoms with Crippen LogP contribution in [0.15, 0.2) is 36.5 Å². The third-order valence-electron chi connectivity index (χ3n) is 4.20. The van der Waals surface area contributed by atoms with Gasteiger partial charge in [-0.2, -0.15) is 5.10 Å². The zero-order valence-corrected chi connectivity index (χ0v) is 12.2. The van der Waals surface area contributed by atoms with E-state index >= 15 is 0 Å². The molecule has 0 aliphatic heterocycles. The van der Waals surface area contributed by atoms with Gasteiger partial charge in [-0.05, 0) is 43.0 Å². The van der Waals surface area contributed by atoms with Crippen LogP contribution in [0.4, 0.5) is 5.69 Å². The fourth-order valence-corrected chi connectivity index (χ4v) is 2.89. The second-order valence-electron chi connectivity index (χ2n) is 5.63. The Kier molecular flexibility index (Phi) is 4.05. The Balaban J connectivity index is 1.57. The molecular formula is C17H23N3. The molecule has 0 atom stereocenters. The number of anilines is 1. The quantitative estimate of drug-likeness (QED) is 0.882. The van der Waals surface area contributed by atoms with Gasteiger partial charge in [0.25, 0.3) is 0 Å². The Labute approximate surface area is 121 Å². The van der Waals surface area contributed by atoms with Crippen molar-refractivity contribution in [1.82, 2.24) is 9.78 Å². The lowest BCUT2D eigenvalue weighted by Gasteiger charge is -2.09. The maximum absolute atomic E-state index is 4.70. The number of hydrogen-bond acceptors (Lipinski definition) is 2. The summed E-state index contributed by atoms with van der Waals surface area (Å²) in [5.41, 5.74) is 3.66. The van der Waals surface area contributed by atoms with Gasteiger partial charge in [0.15, 0.2) is 0 Å². The summed E-state index contributed by atoms with van der Waals surface area (Å²) < 4.78 is 2.16. The van der Waals surface area contributed by atoms with Gasteiger partial charge in [0.2, 0.25) is 0 Å². The smallest absolute Gasteiger partial charge is 0.0815 e. The highest BCUT2D eigenvalue weighted by Gasteiger charge is 2.17. The molecule has 3 rings (SSSR count). The molecule has 1 fully saturated rings. The molecule has 1 aromatic carbocycles. The minimum atomic E-state index is 0.632. The number of aromatic nitrogens is 2. The molecule has 0 unspecified atom stereocenters. The summed E-state index contributed by atoms with van der Waals surface area (Å²) in [5, 5.41) is 8.14. The monoisotopic (exact) mass is 269 g/mol. The van der Waals surface area contributed by atoms with Crippen molar-refractivity contribution in [2.45, 2.75) is 51.6 Å². The van der Waals surface area contributed by atoms with Crippen molar-refractivity contribution in [2.24, 2.45) is 0 Å². The van der Waals surface area contributed by atoms with Crippen molar-refractivity contribution in [3.63, 3.8) is 0 Å². The van der Waals surface area contributed by atoms with Crippen LogP contribution in [0, 0.1) is 0 Å². The predicted octanol–water partition coefficient (Wildman–Crippen LogP) is 4.17. The van der Waals surface area contributed by atoms with Gasteiger partial charge in [0.1, 0.15) is 0 Å². The molecule has 0 bridgehead atoms. The van der Waals surface area contributed by atoms with E-state index in [4.69, 9.17) is 5.10 Å². The molecule has 0 radical (unpaired) electrons. The molecular weight excluding hydrogens is 246 g/mol. The van der Waals surface area contributed by atoms with Gasteiger partial charge < -0.3 is 5.32 Å². The Morgan fingerprint density at radius 2 is 1.90 bits per heavy atom. The van der Waals surface area contributed by atoms with Gasteiger partial charge in [0, 0.05) is 11.9 Å². The molecule has 1 aliphatic rings. The van der Waals surface area contributed by atoms with Crippen LogP contribution in [-0.4, -0.2) is 9.78 Å². The fraction of sp³-hybridized carbons (Fsp3) is 0.471. The summed E-state index contributed by atoms with van der Waals surface area (Å²) in [6, 6.07) is 11.4. The van der Waals surface area contributed by atoms with Gasteiger partial charge in [-0.15, -0.1) is 0 Å². The first-order valence-electron chi connectivity index (χ1n) is 7.72. The third kappa shape index (κ3) is 3.03. The summed E-state index contributed by atoms with van der Waals surface area (Å²) in [4.78, 5) is 0. The number of aryl methyl sites for hydroxylation is 1. The van der Waals surface area contributed by atoms with Gasteiger partial charge >= 0.3 is 0 Å². The Morgan fingerprint density at radius 1 is 1.15 bits per heavy atom. The molecule has 1 aliphatic carbocycles. The summed E-state index contributed by atoms with van der Waals surface area (Å²) in [5.74, 6) is 0. The summed E-state index contributed by atoms with van der Waals surface area (Å²) in [6.45, 7) is 2.98. The first-order valence-corrected chi connectivity index (χ1v) is 7.72. The van der Waals surface area contributed by atoms with Crippen molar-refractivity contribution in [2.75, 3.05) is 5.32 Å². The van der Waals surface area contributed by atoms with Crippen molar-refractivity contribution >= 4 is 5.69 Å². The van der Waals surface area contributed by atoms with Crippen molar-refractivity contribution in [3.8, 4) is 0 Å². The summed E-state index contributed by atoms with van der Waals surface area (Å²) in [6.07, 6.45) is 8.49. The SMILES string of the molecule is CCc1ccc(NCc2ccn(C3CCCC3)n2)cc1. The van der Waals surface area contributed by atoms with E-state index in [0.29, 0.717) is 6.04 Å². The zero-order valence-electron chi connectivity index (χ0n) is 12.2. The van der Waals surface area contributed by atoms with Gasteiger partial charge in [-0.25, -0.2) is 0 Å². The van der Waals surface area contributed by atoms with Crippen molar-refractivity contribution in [1.29, 1.82) is 0 Å². The van der Waals surface area contributed by atoms with Crippen LogP contribution in [0.5, 0.6) is 0 Å². The number of benzene rings is 1. The van der Waals surface area contributed by atoms with Crippen LogP contribution >= 0.6 is 0 Å². The maximum atomic E-state index is 4.70. The molecule has 0 spiro atoms. The van der Waals surface area contributed by atoms with E-state index in [1.807, 2.05) is 0 Å². The van der Waals surface area contributed by atoms with E-state index < -0.39 is 0 Å². The topological polar surface area (TPSA) is 29.9 Å². The summed E-state index contributed by atoms with van der Waals surface area (Å²) >= 11 is 0. The second kappa shape index (κ2) is 6.12. The highest BCUT2D eigenvalue weighted by Crippen LogP contribution is 2.28. The van der Waals surface area contributed by atoms with Crippen LogP contribution in [-0.2, 0) is 13.0 Å². The van der Waals surface area contributed by atoms with Crippen LogP contribution < -0.4 is 5.32 Å². The molecule has 1 aromatic heterocycles. The first kappa shape index (κ1) is 13.2. The fourth-order valence-electron chi connectivity index (χ4n) is 2.89. The lowest BCUT2D eigenvalue weighted by molar-refractivity contribution is 0.463. The van der Waals surface area contributed by atoms with Gasteiger partial charge in [-0.1, -0.05) is 31.9 Å². The molecule has 0 saturated heterocycles. The molecule has 3 nitrogen and oxygen atoms in total. The average molecular weight is 269 g/mol. The minimum Gasteiger partial charge on any atom is -0.379 e. The Hall–Kier alpha value is -1.77. The van der Waals surface area contributed by atoms with Crippen LogP contribution in [0.3, 0.4) is 0 Å². The average Bonchev–Trinajstić information content (AvgIpc) is 3.16. The van der Waals surface area contributed by atoms with E-state index in [1.165, 1.54) is 31.2 Å². The maximum Gasteiger partial charge on any atom is 0.0815 e. The molecule has 2 aromatic rings. The molecule has 106 valence electrons. The molecule has 0 amide bonds. The summed E-state index contributed by atoms with van der Waals surface area (Å²) in [7, 11) is 0. The zero-order chi connectivity index (χ0) is 13.8. The molecule has 1 heterocycles. The molecule has 1 saturated carbocycles. The van der Waals surface area contributed by atoms with E-state index in [1.54, 1.807) is 0 Å². The van der Waals surface area contributed by atoms with Crippen LogP contribution in [0.1, 0.15) is 49.9 Å². The highest BCUT2D eigenvalue weighted by atomic mass is 15.3. The highest BCUT2D eigenvalue weighted by molar-refractivity contribution is 5.44.